The molecule has 5 nitrogen and oxygen atoms in total. The Morgan fingerprint density at radius 1 is 1.46 bits per heavy atom. The van der Waals surface area contributed by atoms with Crippen LogP contribution in [0.4, 0.5) is 0 Å². The van der Waals surface area contributed by atoms with Crippen LogP contribution in [0.5, 0.6) is 0 Å². The van der Waals surface area contributed by atoms with E-state index < -0.39 is 5.97 Å². The van der Waals surface area contributed by atoms with E-state index in [0.717, 1.165) is 5.69 Å². The summed E-state index contributed by atoms with van der Waals surface area (Å²) >= 11 is 0. The number of carboxylic acid groups (broad SMARTS) is 1. The van der Waals surface area contributed by atoms with E-state index >= 15 is 0 Å². The molecule has 1 aromatic rings. The van der Waals surface area contributed by atoms with E-state index in [-0.39, 0.29) is 12.0 Å². The monoisotopic (exact) mass is 184 g/mol. The Morgan fingerprint density at radius 2 is 2.08 bits per heavy atom. The molecule has 0 amide bonds. The van der Waals surface area contributed by atoms with Crippen LogP contribution in [0.3, 0.4) is 0 Å². The summed E-state index contributed by atoms with van der Waals surface area (Å²) in [6.45, 7) is 0. The van der Waals surface area contributed by atoms with E-state index in [4.69, 9.17) is 5.11 Å². The Balaban J connectivity index is 2.84. The lowest BCUT2D eigenvalue weighted by Gasteiger charge is -2.03. The summed E-state index contributed by atoms with van der Waals surface area (Å²) in [6, 6.07) is 1.46. The van der Waals surface area contributed by atoms with Crippen molar-refractivity contribution >= 4 is 5.97 Å². The van der Waals surface area contributed by atoms with E-state index in [1.54, 1.807) is 18.8 Å². The SMILES string of the molecule is Cn1c(CCC(=O)O)cc(=O)n1C. The quantitative estimate of drug-likeness (QED) is 0.704. The zero-order chi connectivity index (χ0) is 10.0. The Hall–Kier alpha value is -1.52. The summed E-state index contributed by atoms with van der Waals surface area (Å²) in [6.07, 6.45) is 0.444. The molecule has 72 valence electrons. The summed E-state index contributed by atoms with van der Waals surface area (Å²) in [5.74, 6) is -0.851. The lowest BCUT2D eigenvalue weighted by atomic mass is 10.2. The van der Waals surface area contributed by atoms with Crippen molar-refractivity contribution in [1.29, 1.82) is 0 Å². The second-order valence-corrected chi connectivity index (χ2v) is 2.91. The van der Waals surface area contributed by atoms with Gasteiger partial charge in [0.05, 0.1) is 6.42 Å². The van der Waals surface area contributed by atoms with Crippen molar-refractivity contribution in [3.8, 4) is 0 Å². The number of hydrogen-bond donors (Lipinski definition) is 1. The van der Waals surface area contributed by atoms with Crippen LogP contribution in [0, 0.1) is 0 Å². The molecule has 0 fully saturated rings. The number of carboxylic acids is 1. The van der Waals surface area contributed by atoms with Crippen molar-refractivity contribution in [2.24, 2.45) is 14.1 Å². The molecule has 0 unspecified atom stereocenters. The van der Waals surface area contributed by atoms with Gasteiger partial charge in [-0.25, -0.2) is 0 Å². The van der Waals surface area contributed by atoms with Crippen molar-refractivity contribution < 1.29 is 9.90 Å². The maximum absolute atomic E-state index is 11.1. The molecule has 0 aliphatic carbocycles. The third-order valence-corrected chi connectivity index (χ3v) is 2.07. The molecule has 0 spiro atoms. The first-order chi connectivity index (χ1) is 6.02. The van der Waals surface area contributed by atoms with Crippen LogP contribution < -0.4 is 5.56 Å². The van der Waals surface area contributed by atoms with Crippen molar-refractivity contribution in [3.05, 3.63) is 22.1 Å². The molecule has 0 aromatic carbocycles. The fraction of sp³-hybridized carbons (Fsp3) is 0.500. The lowest BCUT2D eigenvalue weighted by molar-refractivity contribution is -0.136. The van der Waals surface area contributed by atoms with Crippen LogP contribution in [0.1, 0.15) is 12.1 Å². The number of rotatable bonds is 3. The molecule has 0 aliphatic rings. The van der Waals surface area contributed by atoms with Gasteiger partial charge in [0.1, 0.15) is 0 Å². The minimum absolute atomic E-state index is 0.0529. The van der Waals surface area contributed by atoms with Gasteiger partial charge in [-0.15, -0.1) is 0 Å². The summed E-state index contributed by atoms with van der Waals surface area (Å²) in [7, 11) is 3.38. The fourth-order valence-electron chi connectivity index (χ4n) is 1.14. The number of aliphatic carboxylic acids is 1. The zero-order valence-corrected chi connectivity index (χ0v) is 7.65. The molecule has 1 heterocycles. The van der Waals surface area contributed by atoms with Gasteiger partial charge in [-0.05, 0) is 6.42 Å². The minimum atomic E-state index is -0.851. The maximum atomic E-state index is 11.1. The first-order valence-corrected chi connectivity index (χ1v) is 3.96. The molecule has 1 aromatic heterocycles. The Labute approximate surface area is 75.2 Å². The van der Waals surface area contributed by atoms with Gasteiger partial charge >= 0.3 is 5.97 Å². The Kier molecular flexibility index (Phi) is 2.55. The van der Waals surface area contributed by atoms with E-state index in [9.17, 15) is 9.59 Å². The van der Waals surface area contributed by atoms with Crippen molar-refractivity contribution in [2.45, 2.75) is 12.8 Å². The molecule has 0 bridgehead atoms. The predicted octanol–water partition coefficient (Wildman–Crippen LogP) is -0.259. The van der Waals surface area contributed by atoms with Crippen LogP contribution >= 0.6 is 0 Å². The average Bonchev–Trinajstić information content (AvgIpc) is 2.29. The van der Waals surface area contributed by atoms with Crippen LogP contribution in [0.25, 0.3) is 0 Å². The zero-order valence-electron chi connectivity index (χ0n) is 7.65. The first kappa shape index (κ1) is 9.57. The standard InChI is InChI=1S/C8H12N2O3/c1-9-6(3-4-8(12)13)5-7(11)10(9)2/h5H,3-4H2,1-2H3,(H,12,13). The van der Waals surface area contributed by atoms with Crippen molar-refractivity contribution in [3.63, 3.8) is 0 Å². The molecule has 0 radical (unpaired) electrons. The topological polar surface area (TPSA) is 64.2 Å². The highest BCUT2D eigenvalue weighted by atomic mass is 16.4. The third kappa shape index (κ3) is 1.99. The molecule has 13 heavy (non-hydrogen) atoms. The van der Waals surface area contributed by atoms with Crippen LogP contribution in [-0.2, 0) is 25.3 Å². The highest BCUT2D eigenvalue weighted by Gasteiger charge is 2.06. The highest BCUT2D eigenvalue weighted by Crippen LogP contribution is 1.99. The smallest absolute Gasteiger partial charge is 0.303 e. The van der Waals surface area contributed by atoms with Gasteiger partial charge in [-0.3, -0.25) is 19.0 Å². The summed E-state index contributed by atoms with van der Waals surface area (Å²) in [5.41, 5.74) is 0.637. The minimum Gasteiger partial charge on any atom is -0.481 e. The second kappa shape index (κ2) is 3.47. The Morgan fingerprint density at radius 3 is 2.46 bits per heavy atom. The number of carbonyl (C=O) groups is 1. The first-order valence-electron chi connectivity index (χ1n) is 3.96. The molecular formula is C8H12N2O3. The summed E-state index contributed by atoms with van der Waals surface area (Å²) < 4.78 is 3.10. The number of aryl methyl sites for hydroxylation is 1. The van der Waals surface area contributed by atoms with Gasteiger partial charge < -0.3 is 5.11 Å². The average molecular weight is 184 g/mol. The predicted molar refractivity (Wildman–Crippen MR) is 46.6 cm³/mol. The lowest BCUT2D eigenvalue weighted by Crippen LogP contribution is -2.17. The second-order valence-electron chi connectivity index (χ2n) is 2.91. The van der Waals surface area contributed by atoms with Crippen LogP contribution in [0.15, 0.2) is 10.9 Å². The van der Waals surface area contributed by atoms with Gasteiger partial charge in [-0.2, -0.15) is 0 Å². The third-order valence-electron chi connectivity index (χ3n) is 2.07. The van der Waals surface area contributed by atoms with Gasteiger partial charge in [0.15, 0.2) is 0 Å². The summed E-state index contributed by atoms with van der Waals surface area (Å²) in [5, 5.41) is 8.45. The number of hydrogen-bond acceptors (Lipinski definition) is 2. The molecular weight excluding hydrogens is 172 g/mol. The molecule has 0 aliphatic heterocycles. The molecule has 0 saturated heterocycles. The molecule has 1 rings (SSSR count). The van der Waals surface area contributed by atoms with Crippen molar-refractivity contribution in [1.82, 2.24) is 9.36 Å². The highest BCUT2D eigenvalue weighted by molar-refractivity contribution is 5.66. The number of aromatic nitrogens is 2. The van der Waals surface area contributed by atoms with E-state index in [1.807, 2.05) is 0 Å². The van der Waals surface area contributed by atoms with Gasteiger partial charge in [0.2, 0.25) is 0 Å². The maximum Gasteiger partial charge on any atom is 0.303 e. The Bertz CT molecular complexity index is 375. The molecule has 5 heteroatoms. The van der Waals surface area contributed by atoms with Gasteiger partial charge in [-0.1, -0.05) is 0 Å². The normalized spacial score (nSPS) is 10.3. The molecule has 1 N–H and O–H groups in total. The van der Waals surface area contributed by atoms with E-state index in [1.165, 1.54) is 10.7 Å². The largest absolute Gasteiger partial charge is 0.481 e. The van der Waals surface area contributed by atoms with Gasteiger partial charge in [0, 0.05) is 25.9 Å². The van der Waals surface area contributed by atoms with Crippen LogP contribution in [-0.4, -0.2) is 20.4 Å². The van der Waals surface area contributed by atoms with E-state index in [2.05, 4.69) is 0 Å². The van der Waals surface area contributed by atoms with Gasteiger partial charge in [0.25, 0.3) is 5.56 Å². The molecule has 0 saturated carbocycles. The molecule has 0 atom stereocenters. The van der Waals surface area contributed by atoms with Crippen LogP contribution in [0.2, 0.25) is 0 Å². The summed E-state index contributed by atoms with van der Waals surface area (Å²) in [4.78, 5) is 21.4. The fourth-order valence-corrected chi connectivity index (χ4v) is 1.14. The van der Waals surface area contributed by atoms with E-state index in [0.29, 0.717) is 6.42 Å². The van der Waals surface area contributed by atoms with Crippen molar-refractivity contribution in [2.75, 3.05) is 0 Å². The number of nitrogens with zero attached hydrogens (tertiary/aromatic N) is 2.